The first-order valence-corrected chi connectivity index (χ1v) is 7.54. The molecule has 6 nitrogen and oxygen atoms in total. The second kappa shape index (κ2) is 6.66. The second-order valence-corrected chi connectivity index (χ2v) is 5.21. The van der Waals surface area contributed by atoms with Crippen molar-refractivity contribution >= 4 is 17.5 Å². The first-order valence-electron chi connectivity index (χ1n) is 7.54. The Bertz CT molecular complexity index is 679. The van der Waals surface area contributed by atoms with Gasteiger partial charge in [-0.3, -0.25) is 14.9 Å². The fourth-order valence-electron chi connectivity index (χ4n) is 2.56. The van der Waals surface area contributed by atoms with Crippen molar-refractivity contribution in [3.8, 4) is 5.75 Å². The van der Waals surface area contributed by atoms with E-state index in [1.54, 1.807) is 36.6 Å². The Morgan fingerprint density at radius 1 is 1.26 bits per heavy atom. The number of benzene rings is 1. The fourth-order valence-corrected chi connectivity index (χ4v) is 2.56. The summed E-state index contributed by atoms with van der Waals surface area (Å²) in [5, 5.41) is 3.07. The molecule has 23 heavy (non-hydrogen) atoms. The first-order chi connectivity index (χ1) is 11.2. The van der Waals surface area contributed by atoms with Crippen LogP contribution in [0.3, 0.4) is 0 Å². The zero-order chi connectivity index (χ0) is 16.2. The molecule has 1 saturated heterocycles. The van der Waals surface area contributed by atoms with Gasteiger partial charge >= 0.3 is 0 Å². The number of furan rings is 1. The lowest BCUT2D eigenvalue weighted by Gasteiger charge is -2.16. The van der Waals surface area contributed by atoms with E-state index < -0.39 is 6.04 Å². The second-order valence-electron chi connectivity index (χ2n) is 5.21. The Kier molecular flexibility index (Phi) is 4.43. The van der Waals surface area contributed by atoms with E-state index in [9.17, 15) is 9.59 Å². The number of imide groups is 1. The summed E-state index contributed by atoms with van der Waals surface area (Å²) in [6, 6.07) is 10.0. The standard InChI is InChI=1S/C17H18N2O4/c1-2-22-13-7-5-12(6-8-13)19-16(20)10-15(17(19)21)18-11-14-4-3-9-23-14/h3-9,15,18H,2,10-11H2,1H3/t15-/m1/s1. The number of amides is 2. The van der Waals surface area contributed by atoms with Crippen LogP contribution in [0, 0.1) is 0 Å². The molecule has 0 bridgehead atoms. The van der Waals surface area contributed by atoms with E-state index >= 15 is 0 Å². The van der Waals surface area contributed by atoms with Crippen LogP contribution >= 0.6 is 0 Å². The highest BCUT2D eigenvalue weighted by atomic mass is 16.5. The van der Waals surface area contributed by atoms with Crippen LogP contribution in [-0.2, 0) is 16.1 Å². The minimum Gasteiger partial charge on any atom is -0.494 e. The van der Waals surface area contributed by atoms with Crippen LogP contribution < -0.4 is 15.0 Å². The van der Waals surface area contributed by atoms with Crippen LogP contribution in [-0.4, -0.2) is 24.5 Å². The third-order valence-electron chi connectivity index (χ3n) is 3.66. The van der Waals surface area contributed by atoms with Gasteiger partial charge in [-0.15, -0.1) is 0 Å². The average Bonchev–Trinajstić information content (AvgIpc) is 3.15. The normalized spacial score (nSPS) is 17.8. The highest BCUT2D eigenvalue weighted by Crippen LogP contribution is 2.25. The van der Waals surface area contributed by atoms with Gasteiger partial charge in [0.15, 0.2) is 0 Å². The molecule has 6 heteroatoms. The lowest BCUT2D eigenvalue weighted by Crippen LogP contribution is -2.38. The molecule has 120 valence electrons. The Labute approximate surface area is 134 Å². The quantitative estimate of drug-likeness (QED) is 0.827. The van der Waals surface area contributed by atoms with Crippen molar-refractivity contribution in [3.05, 3.63) is 48.4 Å². The fraction of sp³-hybridized carbons (Fsp3) is 0.294. The number of hydrogen-bond donors (Lipinski definition) is 1. The van der Waals surface area contributed by atoms with Gasteiger partial charge in [0.25, 0.3) is 5.91 Å². The van der Waals surface area contributed by atoms with Crippen LogP contribution in [0.25, 0.3) is 0 Å². The number of nitrogens with zero attached hydrogens (tertiary/aromatic N) is 1. The molecule has 1 N–H and O–H groups in total. The topological polar surface area (TPSA) is 71.8 Å². The number of hydrogen-bond acceptors (Lipinski definition) is 5. The Balaban J connectivity index is 1.68. The maximum atomic E-state index is 12.5. The molecule has 1 aliphatic rings. The molecular formula is C17H18N2O4. The summed E-state index contributed by atoms with van der Waals surface area (Å²) in [7, 11) is 0. The highest BCUT2D eigenvalue weighted by Gasteiger charge is 2.39. The molecule has 0 unspecified atom stereocenters. The number of carbonyl (C=O) groups is 2. The molecule has 0 spiro atoms. The summed E-state index contributed by atoms with van der Waals surface area (Å²) in [6.07, 6.45) is 1.72. The number of rotatable bonds is 6. The minimum absolute atomic E-state index is 0.146. The molecule has 2 heterocycles. The van der Waals surface area contributed by atoms with Gasteiger partial charge in [0.2, 0.25) is 5.91 Å². The summed E-state index contributed by atoms with van der Waals surface area (Å²) in [4.78, 5) is 25.9. The number of nitrogens with one attached hydrogen (secondary N) is 1. The molecule has 0 aliphatic carbocycles. The lowest BCUT2D eigenvalue weighted by atomic mass is 10.2. The minimum atomic E-state index is -0.529. The van der Waals surface area contributed by atoms with Crippen LogP contribution in [0.2, 0.25) is 0 Å². The van der Waals surface area contributed by atoms with E-state index in [-0.39, 0.29) is 18.2 Å². The largest absolute Gasteiger partial charge is 0.494 e. The van der Waals surface area contributed by atoms with Crippen LogP contribution in [0.5, 0.6) is 5.75 Å². The molecule has 1 aromatic carbocycles. The molecule has 0 radical (unpaired) electrons. The van der Waals surface area contributed by atoms with Gasteiger partial charge in [-0.25, -0.2) is 4.90 Å². The third-order valence-corrected chi connectivity index (χ3v) is 3.66. The Morgan fingerprint density at radius 3 is 2.70 bits per heavy atom. The third kappa shape index (κ3) is 3.27. The highest BCUT2D eigenvalue weighted by molar-refractivity contribution is 6.22. The van der Waals surface area contributed by atoms with Crippen molar-refractivity contribution in [2.75, 3.05) is 11.5 Å². The molecule has 1 atom stereocenters. The molecule has 0 saturated carbocycles. The van der Waals surface area contributed by atoms with E-state index in [1.165, 1.54) is 4.90 Å². The van der Waals surface area contributed by atoms with Gasteiger partial charge in [0.05, 0.1) is 37.6 Å². The average molecular weight is 314 g/mol. The zero-order valence-corrected chi connectivity index (χ0v) is 12.8. The van der Waals surface area contributed by atoms with E-state index in [4.69, 9.17) is 9.15 Å². The zero-order valence-electron chi connectivity index (χ0n) is 12.8. The first kappa shape index (κ1) is 15.3. The van der Waals surface area contributed by atoms with E-state index in [1.807, 2.05) is 13.0 Å². The summed E-state index contributed by atoms with van der Waals surface area (Å²) in [5.74, 6) is 0.981. The molecule has 1 fully saturated rings. The van der Waals surface area contributed by atoms with Crippen molar-refractivity contribution in [3.63, 3.8) is 0 Å². The number of carbonyl (C=O) groups excluding carboxylic acids is 2. The van der Waals surface area contributed by atoms with E-state index in [2.05, 4.69) is 5.32 Å². The molecule has 2 aromatic rings. The SMILES string of the molecule is CCOc1ccc(N2C(=O)C[C@@H](NCc3ccco3)C2=O)cc1. The Hall–Kier alpha value is -2.60. The molecular weight excluding hydrogens is 296 g/mol. The smallest absolute Gasteiger partial charge is 0.251 e. The molecule has 3 rings (SSSR count). The van der Waals surface area contributed by atoms with Crippen LogP contribution in [0.4, 0.5) is 5.69 Å². The lowest BCUT2D eigenvalue weighted by molar-refractivity contribution is -0.121. The predicted octanol–water partition coefficient (Wildman–Crippen LogP) is 2.10. The maximum Gasteiger partial charge on any atom is 0.251 e. The molecule has 2 amide bonds. The summed E-state index contributed by atoms with van der Waals surface area (Å²) in [5.41, 5.74) is 0.561. The maximum absolute atomic E-state index is 12.5. The summed E-state index contributed by atoms with van der Waals surface area (Å²) < 4.78 is 10.6. The van der Waals surface area contributed by atoms with Gasteiger partial charge in [0.1, 0.15) is 11.5 Å². The predicted molar refractivity (Wildman–Crippen MR) is 84.1 cm³/mol. The van der Waals surface area contributed by atoms with Gasteiger partial charge in [0, 0.05) is 0 Å². The number of ether oxygens (including phenoxy) is 1. The summed E-state index contributed by atoms with van der Waals surface area (Å²) in [6.45, 7) is 2.88. The van der Waals surface area contributed by atoms with Gasteiger partial charge in [-0.1, -0.05) is 0 Å². The van der Waals surface area contributed by atoms with E-state index in [0.717, 1.165) is 5.76 Å². The Morgan fingerprint density at radius 2 is 2.04 bits per heavy atom. The monoisotopic (exact) mass is 314 g/mol. The van der Waals surface area contributed by atoms with Crippen molar-refractivity contribution in [2.45, 2.75) is 25.9 Å². The van der Waals surface area contributed by atoms with Crippen LogP contribution in [0.15, 0.2) is 47.1 Å². The van der Waals surface area contributed by atoms with Crippen molar-refractivity contribution < 1.29 is 18.7 Å². The van der Waals surface area contributed by atoms with E-state index in [0.29, 0.717) is 24.6 Å². The molecule has 1 aliphatic heterocycles. The molecule has 1 aromatic heterocycles. The van der Waals surface area contributed by atoms with Gasteiger partial charge < -0.3 is 9.15 Å². The van der Waals surface area contributed by atoms with Crippen LogP contribution in [0.1, 0.15) is 19.1 Å². The van der Waals surface area contributed by atoms with Crippen molar-refractivity contribution in [1.29, 1.82) is 0 Å². The van der Waals surface area contributed by atoms with Gasteiger partial charge in [-0.2, -0.15) is 0 Å². The number of anilines is 1. The van der Waals surface area contributed by atoms with Gasteiger partial charge in [-0.05, 0) is 43.3 Å². The van der Waals surface area contributed by atoms with Crippen molar-refractivity contribution in [2.24, 2.45) is 0 Å². The summed E-state index contributed by atoms with van der Waals surface area (Å²) >= 11 is 0. The van der Waals surface area contributed by atoms with Crippen molar-refractivity contribution in [1.82, 2.24) is 5.32 Å².